The third-order valence-corrected chi connectivity index (χ3v) is 13.7. The summed E-state index contributed by atoms with van der Waals surface area (Å²) in [7, 11) is 2.48. The Morgan fingerprint density at radius 2 is 1.58 bits per heavy atom. The Labute approximate surface area is 232 Å². The van der Waals surface area contributed by atoms with E-state index in [1.807, 2.05) is 0 Å². The Morgan fingerprint density at radius 1 is 0.895 bits per heavy atom. The number of carbonyl (C=O) groups is 1. The van der Waals surface area contributed by atoms with Crippen molar-refractivity contribution in [2.45, 2.75) is 135 Å². The van der Waals surface area contributed by atoms with Gasteiger partial charge in [0, 0.05) is 24.8 Å². The average Bonchev–Trinajstić information content (AvgIpc) is 3.02. The number of nitrogens with zero attached hydrogens (tertiary/aromatic N) is 2. The molecular formula is C33H57N2O3+. The molecular weight excluding hydrogens is 472 g/mol. The highest BCUT2D eigenvalue weighted by atomic mass is 16.5. The van der Waals surface area contributed by atoms with Crippen LogP contribution in [0, 0.1) is 34.5 Å². The van der Waals surface area contributed by atoms with Gasteiger partial charge in [-0.15, -0.1) is 0 Å². The standard InChI is InChI=1S/C33H57N2O3/c1-23(36)38-30-20-24-12-13-25-26(33(24,3)22-28(30)34-16-8-7-9-17-34)14-15-32(2)27(25)21-29(31(32)37)35(4)18-10-5-6-11-19-35/h24-31,37H,5-22H2,1-4H3/q+1/t24-,25+,26-,27-,28-,29-,30-,31-,32-,33-/m0/s1. The van der Waals surface area contributed by atoms with E-state index in [2.05, 4.69) is 25.8 Å². The molecule has 2 heterocycles. The van der Waals surface area contributed by atoms with Crippen LogP contribution in [0.4, 0.5) is 0 Å². The van der Waals surface area contributed by atoms with Crippen molar-refractivity contribution >= 4 is 5.97 Å². The lowest BCUT2D eigenvalue weighted by Gasteiger charge is -2.62. The second-order valence-electron chi connectivity index (χ2n) is 15.5. The number of likely N-dealkylation sites (N-methyl/N-ethyl adjacent to an activating group) is 1. The van der Waals surface area contributed by atoms with Crippen LogP contribution in [-0.2, 0) is 9.53 Å². The Balaban J connectivity index is 1.26. The van der Waals surface area contributed by atoms with Crippen molar-refractivity contribution < 1.29 is 19.1 Å². The minimum absolute atomic E-state index is 0.0688. The van der Waals surface area contributed by atoms with Crippen molar-refractivity contribution in [1.82, 2.24) is 4.90 Å². The molecule has 0 spiro atoms. The zero-order valence-corrected chi connectivity index (χ0v) is 25.0. The van der Waals surface area contributed by atoms with Gasteiger partial charge in [-0.1, -0.05) is 20.3 Å². The number of rotatable bonds is 3. The summed E-state index contributed by atoms with van der Waals surface area (Å²) in [5.41, 5.74) is 0.414. The molecule has 0 amide bonds. The zero-order valence-electron chi connectivity index (χ0n) is 25.0. The summed E-state index contributed by atoms with van der Waals surface area (Å²) in [6, 6.07) is 0.809. The van der Waals surface area contributed by atoms with E-state index in [-0.39, 0.29) is 23.6 Å². The lowest BCUT2D eigenvalue weighted by atomic mass is 9.44. The Morgan fingerprint density at radius 3 is 2.26 bits per heavy atom. The van der Waals surface area contributed by atoms with Crippen molar-refractivity contribution in [3.05, 3.63) is 0 Å². The van der Waals surface area contributed by atoms with Crippen LogP contribution in [0.2, 0.25) is 0 Å². The van der Waals surface area contributed by atoms with Crippen molar-refractivity contribution in [2.75, 3.05) is 33.2 Å². The highest BCUT2D eigenvalue weighted by Gasteiger charge is 2.66. The quantitative estimate of drug-likeness (QED) is 0.372. The maximum Gasteiger partial charge on any atom is 0.302 e. The van der Waals surface area contributed by atoms with E-state index < -0.39 is 0 Å². The Kier molecular flexibility index (Phi) is 7.47. The monoisotopic (exact) mass is 529 g/mol. The summed E-state index contributed by atoms with van der Waals surface area (Å²) < 4.78 is 7.19. The molecule has 4 aliphatic carbocycles. The van der Waals surface area contributed by atoms with Crippen LogP contribution in [0.1, 0.15) is 111 Å². The van der Waals surface area contributed by atoms with E-state index in [4.69, 9.17) is 4.74 Å². The highest BCUT2D eigenvalue weighted by Crippen LogP contribution is 2.67. The average molecular weight is 530 g/mol. The van der Waals surface area contributed by atoms with E-state index >= 15 is 0 Å². The van der Waals surface area contributed by atoms with Gasteiger partial charge in [0.05, 0.1) is 20.1 Å². The second kappa shape index (κ2) is 10.3. The molecule has 1 N–H and O–H groups in total. The summed E-state index contributed by atoms with van der Waals surface area (Å²) in [5, 5.41) is 12.0. The van der Waals surface area contributed by atoms with Gasteiger partial charge in [0.15, 0.2) is 0 Å². The van der Waals surface area contributed by atoms with Gasteiger partial charge in [-0.25, -0.2) is 0 Å². The van der Waals surface area contributed by atoms with E-state index in [1.165, 1.54) is 110 Å². The molecule has 10 atom stereocenters. The van der Waals surface area contributed by atoms with Gasteiger partial charge < -0.3 is 14.3 Å². The van der Waals surface area contributed by atoms with Gasteiger partial charge in [-0.2, -0.15) is 0 Å². The van der Waals surface area contributed by atoms with Crippen LogP contribution in [0.25, 0.3) is 0 Å². The molecule has 0 aromatic rings. The number of aliphatic hydroxyl groups is 1. The Bertz CT molecular complexity index is 864. The van der Waals surface area contributed by atoms with Gasteiger partial charge in [-0.05, 0) is 119 Å². The van der Waals surface area contributed by atoms with Crippen molar-refractivity contribution in [1.29, 1.82) is 0 Å². The molecule has 0 bridgehead atoms. The SMILES string of the molecule is CC(=O)O[C@H]1C[C@@H]2CC[C@@H]3[C@H](CC[C@]4(C)[C@@H](O)[C@@H]([N+]5(C)CCCCCC5)C[C@@H]34)[C@@]2(C)C[C@@H]1N1CCCCC1. The predicted octanol–water partition coefficient (Wildman–Crippen LogP) is 5.79. The van der Waals surface area contributed by atoms with Crippen molar-refractivity contribution in [3.63, 3.8) is 0 Å². The number of quaternary nitrogens is 1. The predicted molar refractivity (Wildman–Crippen MR) is 151 cm³/mol. The maximum atomic E-state index is 12.1. The molecule has 0 aromatic carbocycles. The largest absolute Gasteiger partial charge is 0.461 e. The third kappa shape index (κ3) is 4.49. The molecule has 4 saturated carbocycles. The van der Waals surface area contributed by atoms with Crippen LogP contribution < -0.4 is 0 Å². The molecule has 0 aromatic heterocycles. The summed E-state index contributed by atoms with van der Waals surface area (Å²) in [6.07, 6.45) is 17.8. The fraction of sp³-hybridized carbons (Fsp3) is 0.970. The first-order valence-electron chi connectivity index (χ1n) is 16.6. The number of hydrogen-bond acceptors (Lipinski definition) is 4. The summed E-state index contributed by atoms with van der Waals surface area (Å²) >= 11 is 0. The number of fused-ring (bicyclic) bond motifs is 5. The van der Waals surface area contributed by atoms with Crippen LogP contribution >= 0.6 is 0 Å². The summed E-state index contributed by atoms with van der Waals surface area (Å²) in [5.74, 6) is 2.73. The highest BCUT2D eigenvalue weighted by molar-refractivity contribution is 5.66. The van der Waals surface area contributed by atoms with E-state index in [0.717, 1.165) is 22.7 Å². The van der Waals surface area contributed by atoms with Crippen molar-refractivity contribution in [3.8, 4) is 0 Å². The second-order valence-corrected chi connectivity index (χ2v) is 15.5. The third-order valence-electron chi connectivity index (χ3n) is 13.7. The van der Waals surface area contributed by atoms with E-state index in [9.17, 15) is 9.90 Å². The number of esters is 1. The van der Waals surface area contributed by atoms with E-state index in [1.54, 1.807) is 6.92 Å². The number of carbonyl (C=O) groups excluding carboxylic acids is 1. The van der Waals surface area contributed by atoms with Crippen LogP contribution in [-0.4, -0.2) is 78.0 Å². The first-order valence-corrected chi connectivity index (χ1v) is 16.6. The van der Waals surface area contributed by atoms with Gasteiger partial charge >= 0.3 is 5.97 Å². The van der Waals surface area contributed by atoms with Crippen LogP contribution in [0.3, 0.4) is 0 Å². The molecule has 5 nitrogen and oxygen atoms in total. The van der Waals surface area contributed by atoms with Gasteiger partial charge in [0.1, 0.15) is 18.2 Å². The molecule has 0 radical (unpaired) electrons. The minimum atomic E-state index is -0.150. The van der Waals surface area contributed by atoms with Crippen LogP contribution in [0.5, 0.6) is 0 Å². The fourth-order valence-corrected chi connectivity index (χ4v) is 11.5. The molecule has 0 unspecified atom stereocenters. The van der Waals surface area contributed by atoms with Gasteiger partial charge in [0.25, 0.3) is 0 Å². The molecule has 216 valence electrons. The number of likely N-dealkylation sites (tertiary alicyclic amines) is 2. The fourth-order valence-electron chi connectivity index (χ4n) is 11.5. The first kappa shape index (κ1) is 27.5. The summed E-state index contributed by atoms with van der Waals surface area (Å²) in [6.45, 7) is 11.6. The van der Waals surface area contributed by atoms with Gasteiger partial charge in [-0.3, -0.25) is 9.69 Å². The minimum Gasteiger partial charge on any atom is -0.461 e. The first-order chi connectivity index (χ1) is 18.2. The lowest BCUT2D eigenvalue weighted by Crippen LogP contribution is -2.61. The van der Waals surface area contributed by atoms with Crippen molar-refractivity contribution in [2.24, 2.45) is 34.5 Å². The number of aliphatic hydroxyl groups excluding tert-OH is 1. The van der Waals surface area contributed by atoms with E-state index in [0.29, 0.717) is 29.3 Å². The number of ether oxygens (including phenoxy) is 1. The molecule has 5 heteroatoms. The summed E-state index contributed by atoms with van der Waals surface area (Å²) in [4.78, 5) is 14.8. The zero-order chi connectivity index (χ0) is 26.7. The normalized spacial score (nSPS) is 49.3. The topological polar surface area (TPSA) is 49.8 Å². The van der Waals surface area contributed by atoms with Crippen LogP contribution in [0.15, 0.2) is 0 Å². The lowest BCUT2D eigenvalue weighted by molar-refractivity contribution is -0.935. The molecule has 6 fully saturated rings. The maximum absolute atomic E-state index is 12.1. The number of hydrogen-bond donors (Lipinski definition) is 1. The van der Waals surface area contributed by atoms with Gasteiger partial charge in [0.2, 0.25) is 0 Å². The smallest absolute Gasteiger partial charge is 0.302 e. The Hall–Kier alpha value is -0.650. The molecule has 2 aliphatic heterocycles. The molecule has 6 rings (SSSR count). The molecule has 2 saturated heterocycles. The molecule has 38 heavy (non-hydrogen) atoms. The molecule has 6 aliphatic rings. The number of piperidine rings is 1.